The third kappa shape index (κ3) is 3.37. The lowest BCUT2D eigenvalue weighted by molar-refractivity contribution is -0.143. The van der Waals surface area contributed by atoms with Crippen LogP contribution < -0.4 is 5.32 Å². The molecule has 1 aromatic rings. The van der Waals surface area contributed by atoms with Crippen molar-refractivity contribution in [1.82, 2.24) is 5.32 Å². The second-order valence-electron chi connectivity index (χ2n) is 4.71. The van der Waals surface area contributed by atoms with E-state index in [0.29, 0.717) is 30.9 Å². The summed E-state index contributed by atoms with van der Waals surface area (Å²) in [5, 5.41) is 3.24. The molecule has 1 N–H and O–H groups in total. The number of hydrogen-bond acceptors (Lipinski definition) is 5. The molecule has 1 heterocycles. The van der Waals surface area contributed by atoms with E-state index in [2.05, 4.69) is 5.32 Å². The van der Waals surface area contributed by atoms with Crippen molar-refractivity contribution in [3.8, 4) is 0 Å². The smallest absolute Gasteiger partial charge is 0.307 e. The van der Waals surface area contributed by atoms with Gasteiger partial charge in [-0.25, -0.2) is 8.42 Å². The summed E-state index contributed by atoms with van der Waals surface area (Å²) in [7, 11) is -3.16. The quantitative estimate of drug-likeness (QED) is 0.833. The summed E-state index contributed by atoms with van der Waals surface area (Å²) in [6.07, 6.45) is 0.821. The Labute approximate surface area is 119 Å². The van der Waals surface area contributed by atoms with Crippen LogP contribution in [0, 0.1) is 0 Å². The monoisotopic (exact) mass is 297 g/mol. The van der Waals surface area contributed by atoms with Crippen LogP contribution in [0.15, 0.2) is 29.2 Å². The van der Waals surface area contributed by atoms with E-state index < -0.39 is 9.84 Å². The SMILES string of the molecule is CCOC(=O)CCNC1CCS(=O)(=O)c2ccccc21. The molecule has 0 saturated carbocycles. The van der Waals surface area contributed by atoms with Crippen molar-refractivity contribution in [2.24, 2.45) is 0 Å². The molecule has 1 aliphatic rings. The van der Waals surface area contributed by atoms with Gasteiger partial charge in [0.15, 0.2) is 9.84 Å². The van der Waals surface area contributed by atoms with Gasteiger partial charge in [-0.1, -0.05) is 18.2 Å². The number of carbonyl (C=O) groups excluding carboxylic acids is 1. The van der Waals surface area contributed by atoms with Crippen LogP contribution in [0.5, 0.6) is 0 Å². The van der Waals surface area contributed by atoms with Gasteiger partial charge in [0, 0.05) is 12.6 Å². The van der Waals surface area contributed by atoms with Gasteiger partial charge in [-0.2, -0.15) is 0 Å². The lowest BCUT2D eigenvalue weighted by Gasteiger charge is -2.26. The molecule has 0 saturated heterocycles. The maximum absolute atomic E-state index is 12.0. The van der Waals surface area contributed by atoms with Crippen LogP contribution >= 0.6 is 0 Å². The summed E-state index contributed by atoms with van der Waals surface area (Å²) >= 11 is 0. The molecule has 0 radical (unpaired) electrons. The molecule has 0 aromatic heterocycles. The molecule has 0 amide bonds. The Bertz CT molecular complexity index is 583. The molecule has 110 valence electrons. The topological polar surface area (TPSA) is 72.5 Å². The Morgan fingerprint density at radius 2 is 2.15 bits per heavy atom. The minimum absolute atomic E-state index is 0.0239. The molecule has 1 aromatic carbocycles. The maximum atomic E-state index is 12.0. The molecule has 2 rings (SSSR count). The van der Waals surface area contributed by atoms with Crippen molar-refractivity contribution in [1.29, 1.82) is 0 Å². The molecule has 0 fully saturated rings. The normalized spacial score (nSPS) is 20.1. The van der Waals surface area contributed by atoms with E-state index in [0.717, 1.165) is 5.56 Å². The zero-order chi connectivity index (χ0) is 14.6. The zero-order valence-electron chi connectivity index (χ0n) is 11.5. The fraction of sp³-hybridized carbons (Fsp3) is 0.500. The fourth-order valence-electron chi connectivity index (χ4n) is 2.38. The molecule has 1 aliphatic heterocycles. The molecule has 5 nitrogen and oxygen atoms in total. The van der Waals surface area contributed by atoms with E-state index in [1.54, 1.807) is 19.1 Å². The number of sulfone groups is 1. The Balaban J connectivity index is 2.02. The number of carbonyl (C=O) groups is 1. The van der Waals surface area contributed by atoms with Gasteiger partial charge in [0.2, 0.25) is 0 Å². The highest BCUT2D eigenvalue weighted by atomic mass is 32.2. The Morgan fingerprint density at radius 3 is 2.90 bits per heavy atom. The standard InChI is InChI=1S/C14H19NO4S/c1-2-19-14(16)7-9-15-12-8-10-20(17,18)13-6-4-3-5-11(12)13/h3-6,12,15H,2,7-10H2,1H3. The highest BCUT2D eigenvalue weighted by Gasteiger charge is 2.29. The average Bonchev–Trinajstić information content (AvgIpc) is 2.42. The van der Waals surface area contributed by atoms with E-state index in [1.807, 2.05) is 12.1 Å². The van der Waals surface area contributed by atoms with Crippen molar-refractivity contribution >= 4 is 15.8 Å². The highest BCUT2D eigenvalue weighted by molar-refractivity contribution is 7.91. The minimum atomic E-state index is -3.16. The molecule has 0 aliphatic carbocycles. The van der Waals surface area contributed by atoms with Crippen LogP contribution in [0.2, 0.25) is 0 Å². The Kier molecular flexibility index (Phi) is 4.77. The number of fused-ring (bicyclic) bond motifs is 1. The van der Waals surface area contributed by atoms with Crippen molar-refractivity contribution < 1.29 is 17.9 Å². The number of rotatable bonds is 5. The first-order chi connectivity index (χ1) is 9.54. The van der Waals surface area contributed by atoms with Crippen molar-refractivity contribution in [3.05, 3.63) is 29.8 Å². The Morgan fingerprint density at radius 1 is 1.40 bits per heavy atom. The van der Waals surface area contributed by atoms with Gasteiger partial charge in [-0.15, -0.1) is 0 Å². The van der Waals surface area contributed by atoms with Crippen LogP contribution in [-0.2, 0) is 19.4 Å². The second kappa shape index (κ2) is 6.37. The molecule has 1 atom stereocenters. The molecule has 0 spiro atoms. The van der Waals surface area contributed by atoms with Gasteiger partial charge < -0.3 is 10.1 Å². The van der Waals surface area contributed by atoms with E-state index in [1.165, 1.54) is 0 Å². The van der Waals surface area contributed by atoms with Crippen molar-refractivity contribution in [3.63, 3.8) is 0 Å². The van der Waals surface area contributed by atoms with Crippen LogP contribution in [0.25, 0.3) is 0 Å². The third-order valence-electron chi connectivity index (χ3n) is 3.33. The summed E-state index contributed by atoms with van der Waals surface area (Å²) in [4.78, 5) is 11.7. The van der Waals surface area contributed by atoms with Gasteiger partial charge in [-0.05, 0) is 25.0 Å². The fourth-order valence-corrected chi connectivity index (χ4v) is 4.00. The summed E-state index contributed by atoms with van der Waals surface area (Å²) in [5.41, 5.74) is 0.794. The number of hydrogen-bond donors (Lipinski definition) is 1. The lowest BCUT2D eigenvalue weighted by Crippen LogP contribution is -2.31. The third-order valence-corrected chi connectivity index (χ3v) is 5.14. The number of esters is 1. The second-order valence-corrected chi connectivity index (χ2v) is 6.78. The Hall–Kier alpha value is -1.40. The summed E-state index contributed by atoms with van der Waals surface area (Å²) in [5.74, 6) is -0.0992. The number of nitrogens with one attached hydrogen (secondary N) is 1. The van der Waals surface area contributed by atoms with E-state index in [-0.39, 0.29) is 17.8 Å². The summed E-state index contributed by atoms with van der Waals surface area (Å²) < 4.78 is 28.8. The van der Waals surface area contributed by atoms with Gasteiger partial charge >= 0.3 is 5.97 Å². The first-order valence-corrected chi connectivity index (χ1v) is 8.40. The van der Waals surface area contributed by atoms with Crippen LogP contribution in [0.3, 0.4) is 0 Å². The predicted octanol–water partition coefficient (Wildman–Crippen LogP) is 1.45. The first kappa shape index (κ1) is 15.0. The van der Waals surface area contributed by atoms with Gasteiger partial charge in [-0.3, -0.25) is 4.79 Å². The van der Waals surface area contributed by atoms with Crippen molar-refractivity contribution in [2.75, 3.05) is 18.9 Å². The molecular weight excluding hydrogens is 278 g/mol. The molecule has 6 heteroatoms. The molecule has 20 heavy (non-hydrogen) atoms. The van der Waals surface area contributed by atoms with Gasteiger partial charge in [0.05, 0.1) is 23.7 Å². The van der Waals surface area contributed by atoms with Crippen LogP contribution in [0.1, 0.15) is 31.4 Å². The van der Waals surface area contributed by atoms with Crippen LogP contribution in [0.4, 0.5) is 0 Å². The highest BCUT2D eigenvalue weighted by Crippen LogP contribution is 2.31. The van der Waals surface area contributed by atoms with E-state index in [4.69, 9.17) is 4.74 Å². The first-order valence-electron chi connectivity index (χ1n) is 6.75. The number of benzene rings is 1. The van der Waals surface area contributed by atoms with E-state index in [9.17, 15) is 13.2 Å². The molecular formula is C14H19NO4S. The summed E-state index contributed by atoms with van der Waals surface area (Å²) in [6, 6.07) is 7.01. The lowest BCUT2D eigenvalue weighted by atomic mass is 10.0. The van der Waals surface area contributed by atoms with Crippen molar-refractivity contribution in [2.45, 2.75) is 30.7 Å². The van der Waals surface area contributed by atoms with Gasteiger partial charge in [0.25, 0.3) is 0 Å². The number of ether oxygens (including phenoxy) is 1. The predicted molar refractivity (Wildman–Crippen MR) is 75.1 cm³/mol. The van der Waals surface area contributed by atoms with E-state index >= 15 is 0 Å². The maximum Gasteiger partial charge on any atom is 0.307 e. The molecule has 1 unspecified atom stereocenters. The largest absolute Gasteiger partial charge is 0.466 e. The minimum Gasteiger partial charge on any atom is -0.466 e. The van der Waals surface area contributed by atoms with Crippen LogP contribution in [-0.4, -0.2) is 33.3 Å². The summed E-state index contributed by atoms with van der Waals surface area (Å²) in [6.45, 7) is 2.63. The zero-order valence-corrected chi connectivity index (χ0v) is 12.3. The van der Waals surface area contributed by atoms with Gasteiger partial charge in [0.1, 0.15) is 0 Å². The molecule has 0 bridgehead atoms. The average molecular weight is 297 g/mol.